The molecule has 2 unspecified atom stereocenters. The molecule has 3 atom stereocenters. The van der Waals surface area contributed by atoms with E-state index >= 15 is 0 Å². The van der Waals surface area contributed by atoms with E-state index in [4.69, 9.17) is 0 Å². The maximum atomic E-state index is 12.9. The first kappa shape index (κ1) is 20.1. The van der Waals surface area contributed by atoms with E-state index in [1.807, 2.05) is 37.3 Å². The van der Waals surface area contributed by atoms with Crippen molar-refractivity contribution < 1.29 is 8.42 Å². The first-order valence-corrected chi connectivity index (χ1v) is 11.6. The van der Waals surface area contributed by atoms with Crippen molar-refractivity contribution in [2.24, 2.45) is 11.8 Å². The minimum atomic E-state index is -3.48. The van der Waals surface area contributed by atoms with Crippen LogP contribution in [0.5, 0.6) is 0 Å². The van der Waals surface area contributed by atoms with Gasteiger partial charge in [0.1, 0.15) is 0 Å². The second-order valence-corrected chi connectivity index (χ2v) is 9.58. The van der Waals surface area contributed by atoms with E-state index in [1.54, 1.807) is 12.1 Å². The summed E-state index contributed by atoms with van der Waals surface area (Å²) in [4.78, 5) is 0.364. The van der Waals surface area contributed by atoms with Crippen LogP contribution >= 0.6 is 0 Å². The Labute approximate surface area is 164 Å². The Morgan fingerprint density at radius 3 is 2.44 bits per heavy atom. The van der Waals surface area contributed by atoms with Crippen LogP contribution in [-0.2, 0) is 16.4 Å². The minimum absolute atomic E-state index is 0.0124. The van der Waals surface area contributed by atoms with E-state index in [9.17, 15) is 8.42 Å². The molecule has 0 spiro atoms. The SMILES string of the molecule is CCCCC1CC1[C@@H](CCc1ccccc1)NS(=O)(=O)c1ccc(C)cc1. The highest BCUT2D eigenvalue weighted by molar-refractivity contribution is 7.89. The van der Waals surface area contributed by atoms with Crippen molar-refractivity contribution in [3.05, 3.63) is 65.7 Å². The van der Waals surface area contributed by atoms with Gasteiger partial charge in [0, 0.05) is 6.04 Å². The van der Waals surface area contributed by atoms with Gasteiger partial charge in [-0.05, 0) is 55.7 Å². The number of sulfonamides is 1. The average molecular weight is 386 g/mol. The molecule has 0 bridgehead atoms. The molecule has 27 heavy (non-hydrogen) atoms. The Kier molecular flexibility index (Phi) is 6.72. The van der Waals surface area contributed by atoms with Crippen LogP contribution in [-0.4, -0.2) is 14.5 Å². The molecule has 1 aliphatic carbocycles. The first-order valence-electron chi connectivity index (χ1n) is 10.1. The number of aryl methyl sites for hydroxylation is 2. The van der Waals surface area contributed by atoms with E-state index in [0.717, 1.165) is 24.8 Å². The largest absolute Gasteiger partial charge is 0.240 e. The maximum absolute atomic E-state index is 12.9. The second kappa shape index (κ2) is 9.03. The summed E-state index contributed by atoms with van der Waals surface area (Å²) in [6.45, 7) is 4.18. The quantitative estimate of drug-likeness (QED) is 0.618. The van der Waals surface area contributed by atoms with Crippen molar-refractivity contribution in [2.75, 3.05) is 0 Å². The number of hydrogen-bond donors (Lipinski definition) is 1. The highest BCUT2D eigenvalue weighted by atomic mass is 32.2. The molecule has 1 N–H and O–H groups in total. The fraction of sp³-hybridized carbons (Fsp3) is 0.478. The predicted molar refractivity (Wildman–Crippen MR) is 111 cm³/mol. The maximum Gasteiger partial charge on any atom is 0.240 e. The lowest BCUT2D eigenvalue weighted by molar-refractivity contribution is 0.454. The lowest BCUT2D eigenvalue weighted by atomic mass is 10.0. The van der Waals surface area contributed by atoms with Crippen molar-refractivity contribution >= 4 is 10.0 Å². The third kappa shape index (κ3) is 5.66. The zero-order chi connectivity index (χ0) is 19.3. The van der Waals surface area contributed by atoms with E-state index in [0.29, 0.717) is 16.7 Å². The van der Waals surface area contributed by atoms with Gasteiger partial charge in [0.15, 0.2) is 0 Å². The zero-order valence-electron chi connectivity index (χ0n) is 16.4. The molecule has 0 radical (unpaired) electrons. The fourth-order valence-corrected chi connectivity index (χ4v) is 5.20. The van der Waals surface area contributed by atoms with Gasteiger partial charge < -0.3 is 0 Å². The van der Waals surface area contributed by atoms with Crippen LogP contribution in [0.3, 0.4) is 0 Å². The number of unbranched alkanes of at least 4 members (excludes halogenated alkanes) is 1. The van der Waals surface area contributed by atoms with Gasteiger partial charge in [-0.2, -0.15) is 0 Å². The Bertz CT molecular complexity index is 815. The summed E-state index contributed by atoms with van der Waals surface area (Å²) in [5.74, 6) is 1.15. The first-order chi connectivity index (χ1) is 13.0. The third-order valence-corrected chi connectivity index (χ3v) is 7.15. The van der Waals surface area contributed by atoms with E-state index < -0.39 is 10.0 Å². The van der Waals surface area contributed by atoms with Gasteiger partial charge in [-0.25, -0.2) is 13.1 Å². The van der Waals surface area contributed by atoms with E-state index in [2.05, 4.69) is 23.8 Å². The molecule has 4 heteroatoms. The van der Waals surface area contributed by atoms with Crippen molar-refractivity contribution in [1.82, 2.24) is 4.72 Å². The van der Waals surface area contributed by atoms with E-state index in [-0.39, 0.29) is 6.04 Å². The number of benzene rings is 2. The smallest absolute Gasteiger partial charge is 0.208 e. The fourth-order valence-electron chi connectivity index (χ4n) is 3.87. The molecule has 2 aromatic carbocycles. The molecular weight excluding hydrogens is 354 g/mol. The summed E-state index contributed by atoms with van der Waals surface area (Å²) >= 11 is 0. The van der Waals surface area contributed by atoms with Gasteiger partial charge in [0.2, 0.25) is 10.0 Å². The van der Waals surface area contributed by atoms with Gasteiger partial charge in [0.05, 0.1) is 4.90 Å². The standard InChI is InChI=1S/C23H31NO2S/c1-3-4-10-20-17-22(20)23(16-13-19-8-6-5-7-9-19)24-27(25,26)21-14-11-18(2)12-15-21/h5-9,11-12,14-15,20,22-24H,3-4,10,13,16-17H2,1-2H3/t20?,22?,23-/m1/s1. The van der Waals surface area contributed by atoms with Crippen LogP contribution in [0.4, 0.5) is 0 Å². The van der Waals surface area contributed by atoms with Crippen LogP contribution in [0, 0.1) is 18.8 Å². The van der Waals surface area contributed by atoms with Crippen LogP contribution in [0.1, 0.15) is 50.2 Å². The molecule has 146 valence electrons. The third-order valence-electron chi connectivity index (χ3n) is 5.65. The molecule has 1 saturated carbocycles. The lowest BCUT2D eigenvalue weighted by Gasteiger charge is -2.19. The molecule has 0 saturated heterocycles. The van der Waals surface area contributed by atoms with Crippen LogP contribution in [0.15, 0.2) is 59.5 Å². The molecule has 0 aliphatic heterocycles. The molecule has 0 heterocycles. The van der Waals surface area contributed by atoms with Crippen LogP contribution in [0.25, 0.3) is 0 Å². The number of hydrogen-bond acceptors (Lipinski definition) is 2. The van der Waals surface area contributed by atoms with Gasteiger partial charge in [0.25, 0.3) is 0 Å². The highest BCUT2D eigenvalue weighted by Crippen LogP contribution is 2.46. The Morgan fingerprint density at radius 1 is 1.07 bits per heavy atom. The molecule has 0 aromatic heterocycles. The van der Waals surface area contributed by atoms with E-state index in [1.165, 1.54) is 24.8 Å². The second-order valence-electron chi connectivity index (χ2n) is 7.87. The van der Waals surface area contributed by atoms with Crippen LogP contribution < -0.4 is 4.72 Å². The monoisotopic (exact) mass is 385 g/mol. The minimum Gasteiger partial charge on any atom is -0.208 e. The van der Waals surface area contributed by atoms with Crippen molar-refractivity contribution in [2.45, 2.75) is 63.3 Å². The van der Waals surface area contributed by atoms with Gasteiger partial charge in [-0.3, -0.25) is 0 Å². The lowest BCUT2D eigenvalue weighted by Crippen LogP contribution is -2.37. The normalized spacial score (nSPS) is 20.4. The Hall–Kier alpha value is -1.65. The highest BCUT2D eigenvalue weighted by Gasteiger charge is 2.43. The van der Waals surface area contributed by atoms with Crippen molar-refractivity contribution in [3.63, 3.8) is 0 Å². The summed E-state index contributed by atoms with van der Waals surface area (Å²) in [6, 6.07) is 17.5. The number of nitrogens with one attached hydrogen (secondary N) is 1. The zero-order valence-corrected chi connectivity index (χ0v) is 17.2. The Balaban J connectivity index is 1.70. The molecule has 2 aromatic rings. The van der Waals surface area contributed by atoms with Crippen LogP contribution in [0.2, 0.25) is 0 Å². The summed E-state index contributed by atoms with van der Waals surface area (Å²) in [5.41, 5.74) is 2.33. The number of rotatable bonds is 10. The Morgan fingerprint density at radius 2 is 1.78 bits per heavy atom. The molecule has 3 nitrogen and oxygen atoms in total. The summed E-state index contributed by atoms with van der Waals surface area (Å²) in [5, 5.41) is 0. The average Bonchev–Trinajstić information content (AvgIpc) is 3.44. The predicted octanol–water partition coefficient (Wildman–Crippen LogP) is 5.10. The molecule has 1 fully saturated rings. The summed E-state index contributed by atoms with van der Waals surface area (Å²) < 4.78 is 28.9. The molecular formula is C23H31NO2S. The van der Waals surface area contributed by atoms with Gasteiger partial charge in [-0.1, -0.05) is 74.2 Å². The molecule has 0 amide bonds. The van der Waals surface area contributed by atoms with Gasteiger partial charge in [-0.15, -0.1) is 0 Å². The molecule has 1 aliphatic rings. The summed E-state index contributed by atoms with van der Waals surface area (Å²) in [6.07, 6.45) is 6.55. The van der Waals surface area contributed by atoms with Gasteiger partial charge >= 0.3 is 0 Å². The van der Waals surface area contributed by atoms with Crippen molar-refractivity contribution in [3.8, 4) is 0 Å². The topological polar surface area (TPSA) is 46.2 Å². The van der Waals surface area contributed by atoms with Crippen molar-refractivity contribution in [1.29, 1.82) is 0 Å². The summed E-state index contributed by atoms with van der Waals surface area (Å²) in [7, 11) is -3.48. The molecule has 3 rings (SSSR count).